The van der Waals surface area contributed by atoms with Gasteiger partial charge in [-0.05, 0) is 0 Å². The number of aliphatic hydroxyl groups is 2. The Hall–Kier alpha value is -1.51. The van der Waals surface area contributed by atoms with Crippen molar-refractivity contribution in [1.82, 2.24) is 9.55 Å². The second-order valence-electron chi connectivity index (χ2n) is 4.78. The zero-order valence-electron chi connectivity index (χ0n) is 10.2. The van der Waals surface area contributed by atoms with E-state index in [2.05, 4.69) is 0 Å². The molecule has 2 rings (SSSR count). The van der Waals surface area contributed by atoms with Gasteiger partial charge in [-0.25, -0.2) is 9.18 Å². The maximum atomic E-state index is 14.4. The molecule has 8 heteroatoms. The summed E-state index contributed by atoms with van der Waals surface area (Å²) in [5, 5.41) is 18.5. The van der Waals surface area contributed by atoms with Crippen molar-refractivity contribution in [1.29, 1.82) is 0 Å². The Bertz CT molecular complexity index is 571. The molecule has 1 aromatic rings. The van der Waals surface area contributed by atoms with Crippen LogP contribution in [0.1, 0.15) is 13.2 Å². The topological polar surface area (TPSA) is 105 Å². The number of aromatic nitrogens is 2. The predicted octanol–water partition coefficient (Wildman–Crippen LogP) is -1.24. The molecule has 2 heterocycles. The summed E-state index contributed by atoms with van der Waals surface area (Å²) in [6, 6.07) is 1.07. The standard InChI is InChI=1S/C11H15FN2O5/c1-11(5-16)6(4-15)19-9(8(11)12)14-3-2-7(17)13-10(14)18/h2-3,6,8-9,15-16H,4-5H2,1H3,(H,13,17,18)/t6-,8-,9-,11?/m1/s1. The Balaban J connectivity index is 2.42. The molecule has 19 heavy (non-hydrogen) atoms. The van der Waals surface area contributed by atoms with Crippen LogP contribution >= 0.6 is 0 Å². The second kappa shape index (κ2) is 4.87. The average molecular weight is 274 g/mol. The molecule has 106 valence electrons. The van der Waals surface area contributed by atoms with E-state index in [0.717, 1.165) is 16.8 Å². The van der Waals surface area contributed by atoms with E-state index in [1.165, 1.54) is 6.92 Å². The maximum absolute atomic E-state index is 14.4. The molecular formula is C11H15FN2O5. The van der Waals surface area contributed by atoms with Gasteiger partial charge in [0.2, 0.25) is 0 Å². The number of halogens is 1. The van der Waals surface area contributed by atoms with Gasteiger partial charge in [-0.15, -0.1) is 0 Å². The van der Waals surface area contributed by atoms with Gasteiger partial charge in [-0.2, -0.15) is 0 Å². The van der Waals surface area contributed by atoms with Gasteiger partial charge in [0.05, 0.1) is 24.7 Å². The van der Waals surface area contributed by atoms with Crippen molar-refractivity contribution in [2.75, 3.05) is 13.2 Å². The number of aromatic amines is 1. The molecule has 0 bridgehead atoms. The molecule has 0 aliphatic carbocycles. The van der Waals surface area contributed by atoms with Crippen molar-refractivity contribution in [3.63, 3.8) is 0 Å². The highest BCUT2D eigenvalue weighted by molar-refractivity contribution is 5.00. The quantitative estimate of drug-likeness (QED) is 0.639. The highest BCUT2D eigenvalue weighted by atomic mass is 19.1. The molecule has 0 radical (unpaired) electrons. The van der Waals surface area contributed by atoms with Crippen molar-refractivity contribution in [2.45, 2.75) is 25.4 Å². The van der Waals surface area contributed by atoms with Gasteiger partial charge in [-0.1, -0.05) is 6.92 Å². The van der Waals surface area contributed by atoms with E-state index >= 15 is 0 Å². The number of nitrogens with one attached hydrogen (secondary N) is 1. The first-order valence-corrected chi connectivity index (χ1v) is 5.76. The summed E-state index contributed by atoms with van der Waals surface area (Å²) in [5.74, 6) is 0. The van der Waals surface area contributed by atoms with Crippen LogP contribution < -0.4 is 11.2 Å². The van der Waals surface area contributed by atoms with Gasteiger partial charge in [0.15, 0.2) is 12.4 Å². The van der Waals surface area contributed by atoms with E-state index in [1.807, 2.05) is 4.98 Å². The van der Waals surface area contributed by atoms with Gasteiger partial charge >= 0.3 is 5.69 Å². The average Bonchev–Trinajstić information content (AvgIpc) is 2.63. The molecule has 0 aromatic carbocycles. The van der Waals surface area contributed by atoms with Crippen LogP contribution in [0.4, 0.5) is 4.39 Å². The van der Waals surface area contributed by atoms with Crippen molar-refractivity contribution < 1.29 is 19.3 Å². The maximum Gasteiger partial charge on any atom is 0.330 e. The van der Waals surface area contributed by atoms with Gasteiger partial charge in [0, 0.05) is 12.3 Å². The lowest BCUT2D eigenvalue weighted by atomic mass is 9.82. The van der Waals surface area contributed by atoms with E-state index in [4.69, 9.17) is 4.74 Å². The lowest BCUT2D eigenvalue weighted by molar-refractivity contribution is -0.0550. The number of hydrogen-bond donors (Lipinski definition) is 3. The zero-order valence-corrected chi connectivity index (χ0v) is 10.2. The number of alkyl halides is 1. The summed E-state index contributed by atoms with van der Waals surface area (Å²) in [6.07, 6.45) is -2.80. The van der Waals surface area contributed by atoms with Crippen LogP contribution in [0.25, 0.3) is 0 Å². The number of nitrogens with zero attached hydrogens (tertiary/aromatic N) is 1. The molecular weight excluding hydrogens is 259 g/mol. The largest absolute Gasteiger partial charge is 0.396 e. The van der Waals surface area contributed by atoms with Crippen molar-refractivity contribution >= 4 is 0 Å². The van der Waals surface area contributed by atoms with Crippen molar-refractivity contribution in [3.05, 3.63) is 33.1 Å². The minimum absolute atomic E-state index is 0.480. The molecule has 0 amide bonds. The first kappa shape index (κ1) is 13.9. The fraction of sp³-hybridized carbons (Fsp3) is 0.636. The van der Waals surface area contributed by atoms with Crippen molar-refractivity contribution in [3.8, 4) is 0 Å². The number of hydrogen-bond acceptors (Lipinski definition) is 5. The van der Waals surface area contributed by atoms with Crippen LogP contribution in [-0.2, 0) is 4.74 Å². The Kier molecular flexibility index (Phi) is 3.57. The lowest BCUT2D eigenvalue weighted by Gasteiger charge is -2.27. The normalized spacial score (nSPS) is 34.6. The van der Waals surface area contributed by atoms with Crippen LogP contribution in [-0.4, -0.2) is 45.3 Å². The number of H-pyrrole nitrogens is 1. The highest BCUT2D eigenvalue weighted by Gasteiger charge is 2.54. The minimum Gasteiger partial charge on any atom is -0.396 e. The van der Waals surface area contributed by atoms with Crippen LogP contribution in [0.5, 0.6) is 0 Å². The predicted molar refractivity (Wildman–Crippen MR) is 62.4 cm³/mol. The molecule has 1 saturated heterocycles. The zero-order chi connectivity index (χ0) is 14.2. The molecule has 7 nitrogen and oxygen atoms in total. The summed E-state index contributed by atoms with van der Waals surface area (Å²) in [7, 11) is 0. The molecule has 1 aliphatic heterocycles. The molecule has 1 aliphatic rings. The molecule has 3 N–H and O–H groups in total. The monoisotopic (exact) mass is 274 g/mol. The first-order chi connectivity index (χ1) is 8.93. The molecule has 1 fully saturated rings. The minimum atomic E-state index is -1.70. The van der Waals surface area contributed by atoms with E-state index in [9.17, 15) is 24.2 Å². The van der Waals surface area contributed by atoms with Crippen LogP contribution in [0.15, 0.2) is 21.9 Å². The third kappa shape index (κ3) is 2.11. The molecule has 4 atom stereocenters. The summed E-state index contributed by atoms with van der Waals surface area (Å²) in [6.45, 7) is 0.412. The van der Waals surface area contributed by atoms with Crippen LogP contribution in [0, 0.1) is 5.41 Å². The van der Waals surface area contributed by atoms with E-state index in [-0.39, 0.29) is 0 Å². The first-order valence-electron chi connectivity index (χ1n) is 5.76. The SMILES string of the molecule is CC1(CO)[C@H](F)[C@H](n2ccc(=O)[nH]c2=O)O[C@@H]1CO. The summed E-state index contributed by atoms with van der Waals surface area (Å²) in [5.41, 5.74) is -2.72. The van der Waals surface area contributed by atoms with Gasteiger partial charge in [-0.3, -0.25) is 14.3 Å². The van der Waals surface area contributed by atoms with Crippen LogP contribution in [0.2, 0.25) is 0 Å². The van der Waals surface area contributed by atoms with Gasteiger partial charge < -0.3 is 14.9 Å². The highest BCUT2D eigenvalue weighted by Crippen LogP contribution is 2.44. The fourth-order valence-electron chi connectivity index (χ4n) is 2.17. The Morgan fingerprint density at radius 1 is 1.53 bits per heavy atom. The smallest absolute Gasteiger partial charge is 0.330 e. The van der Waals surface area contributed by atoms with Gasteiger partial charge in [0.25, 0.3) is 5.56 Å². The Morgan fingerprint density at radius 3 is 2.68 bits per heavy atom. The van der Waals surface area contributed by atoms with Gasteiger partial charge in [0.1, 0.15) is 0 Å². The lowest BCUT2D eigenvalue weighted by Crippen LogP contribution is -2.41. The summed E-state index contributed by atoms with van der Waals surface area (Å²) in [4.78, 5) is 24.6. The van der Waals surface area contributed by atoms with Crippen molar-refractivity contribution in [2.24, 2.45) is 5.41 Å². The molecule has 0 spiro atoms. The third-order valence-corrected chi connectivity index (χ3v) is 3.55. The summed E-state index contributed by atoms with van der Waals surface area (Å²) >= 11 is 0. The molecule has 1 aromatic heterocycles. The van der Waals surface area contributed by atoms with E-state index in [1.54, 1.807) is 0 Å². The van der Waals surface area contributed by atoms with E-state index in [0.29, 0.717) is 0 Å². The number of ether oxygens (including phenoxy) is 1. The number of rotatable bonds is 3. The Morgan fingerprint density at radius 2 is 2.21 bits per heavy atom. The molecule has 0 saturated carbocycles. The fourth-order valence-corrected chi connectivity index (χ4v) is 2.17. The number of aliphatic hydroxyl groups excluding tert-OH is 2. The molecule has 1 unspecified atom stereocenters. The second-order valence-corrected chi connectivity index (χ2v) is 4.78. The third-order valence-electron chi connectivity index (χ3n) is 3.55. The van der Waals surface area contributed by atoms with Crippen LogP contribution in [0.3, 0.4) is 0 Å². The summed E-state index contributed by atoms with van der Waals surface area (Å²) < 4.78 is 20.6. The van der Waals surface area contributed by atoms with E-state index < -0.39 is 48.4 Å². The Labute approximate surface area is 107 Å².